The van der Waals surface area contributed by atoms with Crippen LogP contribution < -0.4 is 10.1 Å². The van der Waals surface area contributed by atoms with E-state index < -0.39 is 0 Å². The number of hydrogen-bond donors (Lipinski definition) is 1. The minimum absolute atomic E-state index is 0.00918. The van der Waals surface area contributed by atoms with Crippen LogP contribution in [0.15, 0.2) is 48.5 Å². The van der Waals surface area contributed by atoms with E-state index in [1.54, 1.807) is 24.3 Å². The van der Waals surface area contributed by atoms with Gasteiger partial charge in [-0.05, 0) is 74.5 Å². The third kappa shape index (κ3) is 3.67. The SMILES string of the molecule is O=C(c1ccc(Cl)cc1)c1ccc(OC2CCNCC2)cc1. The first-order valence-electron chi connectivity index (χ1n) is 7.50. The fraction of sp³-hybridized carbons (Fsp3) is 0.278. The van der Waals surface area contributed by atoms with Crippen molar-refractivity contribution in [3.05, 3.63) is 64.7 Å². The van der Waals surface area contributed by atoms with Gasteiger partial charge >= 0.3 is 0 Å². The lowest BCUT2D eigenvalue weighted by molar-refractivity contribution is 0.103. The van der Waals surface area contributed by atoms with E-state index in [-0.39, 0.29) is 11.9 Å². The average molecular weight is 316 g/mol. The highest BCUT2D eigenvalue weighted by Crippen LogP contribution is 2.19. The number of halogens is 1. The highest BCUT2D eigenvalue weighted by Gasteiger charge is 2.15. The lowest BCUT2D eigenvalue weighted by Gasteiger charge is -2.23. The van der Waals surface area contributed by atoms with Crippen molar-refractivity contribution >= 4 is 17.4 Å². The van der Waals surface area contributed by atoms with Crippen molar-refractivity contribution in [1.82, 2.24) is 5.32 Å². The van der Waals surface area contributed by atoms with Gasteiger partial charge in [-0.25, -0.2) is 0 Å². The van der Waals surface area contributed by atoms with Crippen molar-refractivity contribution in [2.45, 2.75) is 18.9 Å². The fourth-order valence-corrected chi connectivity index (χ4v) is 2.68. The molecule has 0 saturated carbocycles. The molecule has 0 atom stereocenters. The molecule has 1 N–H and O–H groups in total. The number of benzene rings is 2. The monoisotopic (exact) mass is 315 g/mol. The number of carbonyl (C=O) groups is 1. The van der Waals surface area contributed by atoms with Crippen LogP contribution in [0.5, 0.6) is 5.75 Å². The Labute approximate surface area is 135 Å². The molecule has 4 heteroatoms. The first kappa shape index (κ1) is 15.1. The minimum atomic E-state index is -0.00918. The molecule has 22 heavy (non-hydrogen) atoms. The normalized spacial score (nSPS) is 15.5. The van der Waals surface area contributed by atoms with Crippen molar-refractivity contribution < 1.29 is 9.53 Å². The average Bonchev–Trinajstić information content (AvgIpc) is 2.57. The van der Waals surface area contributed by atoms with Gasteiger partial charge in [0.25, 0.3) is 0 Å². The zero-order valence-corrected chi connectivity index (χ0v) is 13.0. The van der Waals surface area contributed by atoms with Crippen LogP contribution in [-0.2, 0) is 0 Å². The Morgan fingerprint density at radius 1 is 0.955 bits per heavy atom. The van der Waals surface area contributed by atoms with Gasteiger partial charge in [-0.3, -0.25) is 4.79 Å². The summed E-state index contributed by atoms with van der Waals surface area (Å²) in [6.07, 6.45) is 2.30. The Morgan fingerprint density at radius 3 is 2.09 bits per heavy atom. The van der Waals surface area contributed by atoms with Crippen LogP contribution in [0.25, 0.3) is 0 Å². The van der Waals surface area contributed by atoms with Crippen LogP contribution in [0.3, 0.4) is 0 Å². The Kier molecular flexibility index (Phi) is 4.76. The van der Waals surface area contributed by atoms with E-state index in [9.17, 15) is 4.79 Å². The molecule has 1 aliphatic heterocycles. The van der Waals surface area contributed by atoms with E-state index in [0.29, 0.717) is 16.1 Å². The van der Waals surface area contributed by atoms with Crippen molar-refractivity contribution in [2.24, 2.45) is 0 Å². The molecular weight excluding hydrogens is 298 g/mol. The number of piperidine rings is 1. The van der Waals surface area contributed by atoms with Crippen molar-refractivity contribution in [3.8, 4) is 5.75 Å². The molecule has 0 amide bonds. The molecule has 0 bridgehead atoms. The summed E-state index contributed by atoms with van der Waals surface area (Å²) in [5, 5.41) is 3.94. The molecule has 0 radical (unpaired) electrons. The molecule has 2 aromatic rings. The van der Waals surface area contributed by atoms with Gasteiger partial charge in [0.1, 0.15) is 11.9 Å². The van der Waals surface area contributed by atoms with Gasteiger partial charge in [0.2, 0.25) is 0 Å². The summed E-state index contributed by atoms with van der Waals surface area (Å²) in [6, 6.07) is 14.3. The van der Waals surface area contributed by atoms with E-state index in [4.69, 9.17) is 16.3 Å². The van der Waals surface area contributed by atoms with Crippen LogP contribution in [0.2, 0.25) is 5.02 Å². The molecule has 0 aromatic heterocycles. The lowest BCUT2D eigenvalue weighted by atomic mass is 10.0. The van der Waals surface area contributed by atoms with Gasteiger partial charge in [0.05, 0.1) is 0 Å². The first-order valence-corrected chi connectivity index (χ1v) is 7.88. The molecule has 1 fully saturated rings. The Bertz CT molecular complexity index is 631. The number of nitrogens with one attached hydrogen (secondary N) is 1. The number of ketones is 1. The summed E-state index contributed by atoms with van der Waals surface area (Å²) in [7, 11) is 0. The second-order valence-electron chi connectivity index (χ2n) is 5.43. The number of hydrogen-bond acceptors (Lipinski definition) is 3. The standard InChI is InChI=1S/C18H18ClNO2/c19-15-5-1-13(2-6-15)18(21)14-3-7-16(8-4-14)22-17-9-11-20-12-10-17/h1-8,17,20H,9-12H2. The van der Waals surface area contributed by atoms with Gasteiger partial charge in [-0.1, -0.05) is 11.6 Å². The van der Waals surface area contributed by atoms with E-state index in [0.717, 1.165) is 31.7 Å². The van der Waals surface area contributed by atoms with E-state index >= 15 is 0 Å². The molecule has 1 aliphatic rings. The Morgan fingerprint density at radius 2 is 1.50 bits per heavy atom. The number of ether oxygens (including phenoxy) is 1. The molecule has 0 unspecified atom stereocenters. The third-order valence-corrected chi connectivity index (χ3v) is 4.06. The summed E-state index contributed by atoms with van der Waals surface area (Å²) >= 11 is 5.84. The van der Waals surface area contributed by atoms with Crippen molar-refractivity contribution in [1.29, 1.82) is 0 Å². The van der Waals surface area contributed by atoms with Crippen molar-refractivity contribution in [2.75, 3.05) is 13.1 Å². The zero-order chi connectivity index (χ0) is 15.4. The molecule has 1 heterocycles. The maximum Gasteiger partial charge on any atom is 0.193 e. The number of rotatable bonds is 4. The largest absolute Gasteiger partial charge is 0.490 e. The molecule has 0 spiro atoms. The molecule has 1 saturated heterocycles. The summed E-state index contributed by atoms with van der Waals surface area (Å²) < 4.78 is 5.94. The van der Waals surface area contributed by atoms with E-state index in [2.05, 4.69) is 5.32 Å². The summed E-state index contributed by atoms with van der Waals surface area (Å²) in [5.41, 5.74) is 1.29. The highest BCUT2D eigenvalue weighted by atomic mass is 35.5. The van der Waals surface area contributed by atoms with Crippen LogP contribution >= 0.6 is 11.6 Å². The molecule has 3 nitrogen and oxygen atoms in total. The second-order valence-corrected chi connectivity index (χ2v) is 5.86. The second kappa shape index (κ2) is 6.95. The van der Waals surface area contributed by atoms with Gasteiger partial charge in [0, 0.05) is 16.1 Å². The summed E-state index contributed by atoms with van der Waals surface area (Å²) in [4.78, 5) is 12.4. The van der Waals surface area contributed by atoms with E-state index in [1.165, 1.54) is 0 Å². The first-order chi connectivity index (χ1) is 10.7. The van der Waals surface area contributed by atoms with Crippen LogP contribution in [0, 0.1) is 0 Å². The topological polar surface area (TPSA) is 38.3 Å². The maximum atomic E-state index is 12.4. The lowest BCUT2D eigenvalue weighted by Crippen LogP contribution is -2.34. The molecule has 0 aliphatic carbocycles. The van der Waals surface area contributed by atoms with Gasteiger partial charge in [0.15, 0.2) is 5.78 Å². The Hall–Kier alpha value is -1.84. The number of carbonyl (C=O) groups excluding carboxylic acids is 1. The van der Waals surface area contributed by atoms with Crippen molar-refractivity contribution in [3.63, 3.8) is 0 Å². The summed E-state index contributed by atoms with van der Waals surface area (Å²) in [6.45, 7) is 2.00. The van der Waals surface area contributed by atoms with Gasteiger partial charge in [-0.2, -0.15) is 0 Å². The molecular formula is C18H18ClNO2. The fourth-order valence-electron chi connectivity index (χ4n) is 2.56. The van der Waals surface area contributed by atoms with Gasteiger partial charge < -0.3 is 10.1 Å². The van der Waals surface area contributed by atoms with Crippen LogP contribution in [0.4, 0.5) is 0 Å². The predicted octanol–water partition coefficient (Wildman–Crippen LogP) is 3.70. The third-order valence-electron chi connectivity index (χ3n) is 3.81. The highest BCUT2D eigenvalue weighted by molar-refractivity contribution is 6.30. The molecule has 114 valence electrons. The van der Waals surface area contributed by atoms with E-state index in [1.807, 2.05) is 24.3 Å². The van der Waals surface area contributed by atoms with Crippen LogP contribution in [-0.4, -0.2) is 25.0 Å². The van der Waals surface area contributed by atoms with Gasteiger partial charge in [-0.15, -0.1) is 0 Å². The molecule has 2 aromatic carbocycles. The quantitative estimate of drug-likeness (QED) is 0.874. The Balaban J connectivity index is 1.68. The minimum Gasteiger partial charge on any atom is -0.490 e. The summed E-state index contributed by atoms with van der Waals surface area (Å²) in [5.74, 6) is 0.810. The van der Waals surface area contributed by atoms with Crippen LogP contribution in [0.1, 0.15) is 28.8 Å². The smallest absolute Gasteiger partial charge is 0.193 e. The maximum absolute atomic E-state index is 12.4. The zero-order valence-electron chi connectivity index (χ0n) is 12.2. The molecule has 3 rings (SSSR count). The predicted molar refractivity (Wildman–Crippen MR) is 87.8 cm³/mol.